The van der Waals surface area contributed by atoms with Gasteiger partial charge in [-0.1, -0.05) is 57.2 Å². The third-order valence-electron chi connectivity index (χ3n) is 5.41. The number of benzene rings is 2. The first kappa shape index (κ1) is 21.0. The summed E-state index contributed by atoms with van der Waals surface area (Å²) in [4.78, 5) is 30.8. The average molecular weight is 432 g/mol. The van der Waals surface area contributed by atoms with Crippen molar-refractivity contribution in [2.24, 2.45) is 0 Å². The van der Waals surface area contributed by atoms with Crippen molar-refractivity contribution < 1.29 is 4.79 Å². The monoisotopic (exact) mass is 431 g/mol. The molecule has 0 atom stereocenters. The number of hydrogen-bond donors (Lipinski definition) is 1. The second-order valence-electron chi connectivity index (χ2n) is 7.88. The van der Waals surface area contributed by atoms with Crippen molar-refractivity contribution in [2.45, 2.75) is 39.7 Å². The standard InChI is InChI=1S/C25H25N3O2S/c1-4-17-5-7-19(8-6-17)21-14-31-24-23(21)25(30)28(15-26-24)13-22(29)27-20-11-9-18(10-12-20)16(2)3/h5-12,14-16H,4,13H2,1-3H3,(H,27,29). The Labute approximate surface area is 185 Å². The van der Waals surface area contributed by atoms with Crippen LogP contribution in [0.1, 0.15) is 37.8 Å². The van der Waals surface area contributed by atoms with Gasteiger partial charge < -0.3 is 5.32 Å². The Balaban J connectivity index is 1.58. The lowest BCUT2D eigenvalue weighted by Gasteiger charge is -2.10. The summed E-state index contributed by atoms with van der Waals surface area (Å²) in [7, 11) is 0. The van der Waals surface area contributed by atoms with Crippen LogP contribution in [-0.2, 0) is 17.8 Å². The topological polar surface area (TPSA) is 64.0 Å². The van der Waals surface area contributed by atoms with E-state index in [0.29, 0.717) is 21.8 Å². The molecule has 0 aliphatic carbocycles. The zero-order valence-corrected chi connectivity index (χ0v) is 18.7. The molecule has 0 saturated heterocycles. The minimum absolute atomic E-state index is 0.0856. The van der Waals surface area contributed by atoms with E-state index in [4.69, 9.17) is 0 Å². The van der Waals surface area contributed by atoms with Gasteiger partial charge in [-0.25, -0.2) is 4.98 Å². The van der Waals surface area contributed by atoms with E-state index in [0.717, 1.165) is 17.5 Å². The number of thiophene rings is 1. The van der Waals surface area contributed by atoms with Crippen LogP contribution >= 0.6 is 11.3 Å². The van der Waals surface area contributed by atoms with Crippen LogP contribution < -0.4 is 10.9 Å². The molecule has 0 bridgehead atoms. The van der Waals surface area contributed by atoms with Crippen LogP contribution in [0.3, 0.4) is 0 Å². The van der Waals surface area contributed by atoms with E-state index in [1.165, 1.54) is 33.4 Å². The highest BCUT2D eigenvalue weighted by Crippen LogP contribution is 2.30. The van der Waals surface area contributed by atoms with E-state index >= 15 is 0 Å². The molecule has 2 aromatic heterocycles. The Hall–Kier alpha value is -3.25. The zero-order chi connectivity index (χ0) is 22.0. The summed E-state index contributed by atoms with van der Waals surface area (Å²) in [5.74, 6) is 0.170. The van der Waals surface area contributed by atoms with Gasteiger partial charge in [0.25, 0.3) is 5.56 Å². The molecule has 1 amide bonds. The van der Waals surface area contributed by atoms with Gasteiger partial charge in [-0.3, -0.25) is 14.2 Å². The Kier molecular flexibility index (Phi) is 6.00. The maximum Gasteiger partial charge on any atom is 0.263 e. The lowest BCUT2D eigenvalue weighted by molar-refractivity contribution is -0.116. The molecule has 1 N–H and O–H groups in total. The molecule has 0 fully saturated rings. The third kappa shape index (κ3) is 4.44. The number of nitrogens with zero attached hydrogens (tertiary/aromatic N) is 2. The van der Waals surface area contributed by atoms with Crippen LogP contribution in [0.15, 0.2) is 65.0 Å². The van der Waals surface area contributed by atoms with Gasteiger partial charge in [0.1, 0.15) is 11.4 Å². The molecule has 2 heterocycles. The molecular formula is C25H25N3O2S. The summed E-state index contributed by atoms with van der Waals surface area (Å²) >= 11 is 1.44. The molecule has 4 rings (SSSR count). The van der Waals surface area contributed by atoms with Crippen molar-refractivity contribution in [3.8, 4) is 11.1 Å². The molecule has 0 unspecified atom stereocenters. The van der Waals surface area contributed by atoms with Crippen LogP contribution in [0.5, 0.6) is 0 Å². The van der Waals surface area contributed by atoms with Crippen molar-refractivity contribution in [3.05, 3.63) is 81.7 Å². The number of aromatic nitrogens is 2. The predicted octanol–water partition coefficient (Wildman–Crippen LogP) is 5.45. The molecule has 0 aliphatic heterocycles. The number of anilines is 1. The summed E-state index contributed by atoms with van der Waals surface area (Å²) in [6.45, 7) is 6.28. The van der Waals surface area contributed by atoms with Crippen molar-refractivity contribution in [1.29, 1.82) is 0 Å². The molecular weight excluding hydrogens is 406 g/mol. The highest BCUT2D eigenvalue weighted by Gasteiger charge is 2.15. The van der Waals surface area contributed by atoms with E-state index in [-0.39, 0.29) is 18.0 Å². The molecule has 4 aromatic rings. The lowest BCUT2D eigenvalue weighted by atomic mass is 10.0. The maximum absolute atomic E-state index is 13.2. The van der Waals surface area contributed by atoms with E-state index in [2.05, 4.69) is 43.2 Å². The molecule has 5 nitrogen and oxygen atoms in total. The quantitative estimate of drug-likeness (QED) is 0.441. The van der Waals surface area contributed by atoms with Gasteiger partial charge in [-0.2, -0.15) is 0 Å². The van der Waals surface area contributed by atoms with E-state index in [1.807, 2.05) is 41.8 Å². The van der Waals surface area contributed by atoms with Crippen molar-refractivity contribution in [1.82, 2.24) is 9.55 Å². The molecule has 0 radical (unpaired) electrons. The molecule has 158 valence electrons. The normalized spacial score (nSPS) is 11.2. The molecule has 2 aromatic carbocycles. The Morgan fingerprint density at radius 1 is 1.10 bits per heavy atom. The van der Waals surface area contributed by atoms with Gasteiger partial charge in [-0.15, -0.1) is 11.3 Å². The zero-order valence-electron chi connectivity index (χ0n) is 17.9. The predicted molar refractivity (Wildman–Crippen MR) is 128 cm³/mol. The number of hydrogen-bond acceptors (Lipinski definition) is 4. The summed E-state index contributed by atoms with van der Waals surface area (Å²) in [5, 5.41) is 5.38. The van der Waals surface area contributed by atoms with Gasteiger partial charge >= 0.3 is 0 Å². The largest absolute Gasteiger partial charge is 0.325 e. The fraction of sp³-hybridized carbons (Fsp3) is 0.240. The number of aryl methyl sites for hydroxylation is 1. The second kappa shape index (κ2) is 8.86. The Morgan fingerprint density at radius 3 is 2.45 bits per heavy atom. The average Bonchev–Trinajstić information content (AvgIpc) is 3.21. The highest BCUT2D eigenvalue weighted by atomic mass is 32.1. The maximum atomic E-state index is 13.2. The lowest BCUT2D eigenvalue weighted by Crippen LogP contribution is -2.27. The summed E-state index contributed by atoms with van der Waals surface area (Å²) in [6.07, 6.45) is 2.42. The summed E-state index contributed by atoms with van der Waals surface area (Å²) in [6, 6.07) is 16.0. The van der Waals surface area contributed by atoms with Crippen molar-refractivity contribution >= 4 is 33.1 Å². The third-order valence-corrected chi connectivity index (χ3v) is 6.30. The number of nitrogens with one attached hydrogen (secondary N) is 1. The first-order chi connectivity index (χ1) is 15.0. The van der Waals surface area contributed by atoms with Crippen molar-refractivity contribution in [3.63, 3.8) is 0 Å². The van der Waals surface area contributed by atoms with Gasteiger partial charge in [0, 0.05) is 16.6 Å². The Morgan fingerprint density at radius 2 is 1.81 bits per heavy atom. The van der Waals surface area contributed by atoms with Crippen LogP contribution in [0, 0.1) is 0 Å². The minimum Gasteiger partial charge on any atom is -0.325 e. The first-order valence-corrected chi connectivity index (χ1v) is 11.3. The van der Waals surface area contributed by atoms with Gasteiger partial charge in [0.15, 0.2) is 0 Å². The molecule has 0 aliphatic rings. The van der Waals surface area contributed by atoms with Crippen LogP contribution in [0.4, 0.5) is 5.69 Å². The van der Waals surface area contributed by atoms with Crippen molar-refractivity contribution in [2.75, 3.05) is 5.32 Å². The van der Waals surface area contributed by atoms with Gasteiger partial charge in [0.05, 0.1) is 11.7 Å². The number of rotatable bonds is 6. The number of fused-ring (bicyclic) bond motifs is 1. The molecule has 6 heteroatoms. The minimum atomic E-state index is -0.260. The van der Waals surface area contributed by atoms with Gasteiger partial charge in [0.2, 0.25) is 5.91 Å². The summed E-state index contributed by atoms with van der Waals surface area (Å²) in [5.41, 5.74) is 4.81. The van der Waals surface area contributed by atoms with Crippen LogP contribution in [-0.4, -0.2) is 15.5 Å². The Bertz CT molecular complexity index is 1270. The molecule has 0 spiro atoms. The molecule has 0 saturated carbocycles. The number of amides is 1. The van der Waals surface area contributed by atoms with Crippen LogP contribution in [0.25, 0.3) is 21.3 Å². The van der Waals surface area contributed by atoms with Crippen LogP contribution in [0.2, 0.25) is 0 Å². The second-order valence-corrected chi connectivity index (χ2v) is 8.74. The van der Waals surface area contributed by atoms with E-state index < -0.39 is 0 Å². The summed E-state index contributed by atoms with van der Waals surface area (Å²) < 4.78 is 1.37. The van der Waals surface area contributed by atoms with Gasteiger partial charge in [-0.05, 0) is 41.2 Å². The smallest absolute Gasteiger partial charge is 0.263 e. The first-order valence-electron chi connectivity index (χ1n) is 10.4. The number of carbonyl (C=O) groups is 1. The highest BCUT2D eigenvalue weighted by molar-refractivity contribution is 7.17. The SMILES string of the molecule is CCc1ccc(-c2csc3ncn(CC(=O)Nc4ccc(C(C)C)cc4)c(=O)c23)cc1. The number of carbonyl (C=O) groups excluding carboxylic acids is 1. The van der Waals surface area contributed by atoms with E-state index in [9.17, 15) is 9.59 Å². The molecule has 31 heavy (non-hydrogen) atoms. The fourth-order valence-corrected chi connectivity index (χ4v) is 4.43. The fourth-order valence-electron chi connectivity index (χ4n) is 3.52. The van der Waals surface area contributed by atoms with E-state index in [1.54, 1.807) is 0 Å².